The number of hydrogen-bond acceptors (Lipinski definition) is 5. The van der Waals surface area contributed by atoms with E-state index in [0.717, 1.165) is 5.56 Å². The third kappa shape index (κ3) is 4.56. The second kappa shape index (κ2) is 8.11. The van der Waals surface area contributed by atoms with Crippen LogP contribution in [0.15, 0.2) is 36.5 Å². The normalized spacial score (nSPS) is 11.8. The molecule has 8 heteroatoms. The van der Waals surface area contributed by atoms with E-state index in [1.165, 1.54) is 6.20 Å². The molecule has 0 spiro atoms. The summed E-state index contributed by atoms with van der Waals surface area (Å²) in [6.07, 6.45) is 0.808. The number of H-pyrrole nitrogens is 1. The van der Waals surface area contributed by atoms with Crippen LogP contribution >= 0.6 is 0 Å². The molecule has 0 aliphatic carbocycles. The maximum absolute atomic E-state index is 12.0. The summed E-state index contributed by atoms with van der Waals surface area (Å²) in [4.78, 5) is 30.5. The van der Waals surface area contributed by atoms with Gasteiger partial charge in [0.2, 0.25) is 0 Å². The van der Waals surface area contributed by atoms with E-state index in [2.05, 4.69) is 15.3 Å². The lowest BCUT2D eigenvalue weighted by Crippen LogP contribution is -2.33. The molecule has 0 saturated heterocycles. The summed E-state index contributed by atoms with van der Waals surface area (Å²) in [7, 11) is 0. The number of carbonyl (C=O) groups excluding carboxylic acids is 2. The van der Waals surface area contributed by atoms with Gasteiger partial charge in [-0.3, -0.25) is 10.2 Å². The van der Waals surface area contributed by atoms with Crippen molar-refractivity contribution in [2.75, 3.05) is 0 Å². The summed E-state index contributed by atoms with van der Waals surface area (Å²) in [5.74, 6) is 5.10. The number of nitrogens with one attached hydrogen (secondary N) is 3. The third-order valence-electron chi connectivity index (χ3n) is 3.42. The number of nitrogen functional groups attached to an aromatic ring is 1. The van der Waals surface area contributed by atoms with Crippen molar-refractivity contribution >= 4 is 12.0 Å². The van der Waals surface area contributed by atoms with Crippen LogP contribution < -0.4 is 16.6 Å². The topological polar surface area (TPSA) is 122 Å². The molecule has 128 valence electrons. The third-order valence-corrected chi connectivity index (χ3v) is 3.42. The summed E-state index contributed by atoms with van der Waals surface area (Å²) in [6.45, 7) is 4.02. The van der Waals surface area contributed by atoms with Crippen molar-refractivity contribution in [3.05, 3.63) is 53.6 Å². The van der Waals surface area contributed by atoms with Crippen molar-refractivity contribution in [1.29, 1.82) is 0 Å². The summed E-state index contributed by atoms with van der Waals surface area (Å²) >= 11 is 0. The Morgan fingerprint density at radius 1 is 1.29 bits per heavy atom. The monoisotopic (exact) mass is 331 g/mol. The van der Waals surface area contributed by atoms with E-state index >= 15 is 0 Å². The SMILES string of the molecule is CC(C)[C@H](NC(=O)OCc1ccccc1)c1ncc(C(=O)NN)[nH]1. The molecule has 24 heavy (non-hydrogen) atoms. The molecule has 0 bridgehead atoms. The van der Waals surface area contributed by atoms with Gasteiger partial charge in [-0.15, -0.1) is 0 Å². The van der Waals surface area contributed by atoms with Crippen molar-refractivity contribution in [3.63, 3.8) is 0 Å². The quantitative estimate of drug-likeness (QED) is 0.364. The van der Waals surface area contributed by atoms with Gasteiger partial charge < -0.3 is 15.0 Å². The number of ether oxygens (including phenoxy) is 1. The van der Waals surface area contributed by atoms with Crippen LogP contribution in [0.4, 0.5) is 4.79 Å². The average molecular weight is 331 g/mol. The Hall–Kier alpha value is -2.87. The maximum atomic E-state index is 12.0. The van der Waals surface area contributed by atoms with Crippen molar-refractivity contribution in [3.8, 4) is 0 Å². The van der Waals surface area contributed by atoms with Crippen molar-refractivity contribution in [1.82, 2.24) is 20.7 Å². The molecule has 5 N–H and O–H groups in total. The predicted octanol–water partition coefficient (Wildman–Crippen LogP) is 1.64. The number of aromatic nitrogens is 2. The van der Waals surface area contributed by atoms with Gasteiger partial charge in [0.05, 0.1) is 12.2 Å². The minimum Gasteiger partial charge on any atom is -0.445 e. The van der Waals surface area contributed by atoms with Crippen LogP contribution in [-0.2, 0) is 11.3 Å². The maximum Gasteiger partial charge on any atom is 0.408 e. The Bertz CT molecular complexity index is 684. The lowest BCUT2D eigenvalue weighted by molar-refractivity contribution is 0.0949. The van der Waals surface area contributed by atoms with Gasteiger partial charge in [0.15, 0.2) is 0 Å². The van der Waals surface area contributed by atoms with Gasteiger partial charge in [-0.05, 0) is 11.5 Å². The molecular formula is C16H21N5O3. The summed E-state index contributed by atoms with van der Waals surface area (Å²) < 4.78 is 5.21. The van der Waals surface area contributed by atoms with Crippen molar-refractivity contribution in [2.45, 2.75) is 26.5 Å². The second-order valence-corrected chi connectivity index (χ2v) is 5.58. The van der Waals surface area contributed by atoms with E-state index in [0.29, 0.717) is 5.82 Å². The number of hydrazine groups is 1. The van der Waals surface area contributed by atoms with Crippen LogP contribution in [0.1, 0.15) is 41.8 Å². The van der Waals surface area contributed by atoms with Crippen molar-refractivity contribution < 1.29 is 14.3 Å². The standard InChI is InChI=1S/C16H21N5O3/c1-10(2)13(14-18-8-12(19-14)15(22)21-17)20-16(23)24-9-11-6-4-3-5-7-11/h3-8,10,13H,9,17H2,1-2H3,(H,18,19)(H,20,23)(H,21,22)/t13-/m0/s1. The number of alkyl carbamates (subject to hydrolysis) is 1. The molecular weight excluding hydrogens is 310 g/mol. The molecule has 0 fully saturated rings. The molecule has 1 aromatic heterocycles. The van der Waals surface area contributed by atoms with Crippen molar-refractivity contribution in [2.24, 2.45) is 11.8 Å². The van der Waals surface area contributed by atoms with Gasteiger partial charge in [-0.25, -0.2) is 15.6 Å². The Balaban J connectivity index is 1.99. The number of rotatable bonds is 6. The van der Waals surface area contributed by atoms with Crippen LogP contribution in [0.3, 0.4) is 0 Å². The van der Waals surface area contributed by atoms with Gasteiger partial charge >= 0.3 is 6.09 Å². The minimum atomic E-state index is -0.557. The molecule has 0 saturated carbocycles. The Kier molecular flexibility index (Phi) is 5.91. The predicted molar refractivity (Wildman–Crippen MR) is 87.6 cm³/mol. The first-order chi connectivity index (χ1) is 11.5. The summed E-state index contributed by atoms with van der Waals surface area (Å²) in [5, 5.41) is 2.76. The number of hydrogen-bond donors (Lipinski definition) is 4. The molecule has 0 radical (unpaired) electrons. The van der Waals surface area contributed by atoms with Crippen LogP contribution in [0, 0.1) is 5.92 Å². The highest BCUT2D eigenvalue weighted by Gasteiger charge is 2.23. The minimum absolute atomic E-state index is 0.0363. The molecule has 8 nitrogen and oxygen atoms in total. The molecule has 1 atom stereocenters. The van der Waals surface area contributed by atoms with Crippen LogP contribution in [0.2, 0.25) is 0 Å². The van der Waals surface area contributed by atoms with Crippen LogP contribution in [0.5, 0.6) is 0 Å². The zero-order valence-electron chi connectivity index (χ0n) is 13.6. The second-order valence-electron chi connectivity index (χ2n) is 5.58. The average Bonchev–Trinajstić information content (AvgIpc) is 3.07. The first-order valence-electron chi connectivity index (χ1n) is 7.54. The Morgan fingerprint density at radius 3 is 2.62 bits per heavy atom. The number of imidazole rings is 1. The molecule has 0 aliphatic heterocycles. The lowest BCUT2D eigenvalue weighted by atomic mass is 10.0. The summed E-state index contributed by atoms with van der Waals surface area (Å²) in [6, 6.07) is 8.97. The van der Waals surface area contributed by atoms with E-state index < -0.39 is 18.0 Å². The first-order valence-corrected chi connectivity index (χ1v) is 7.54. The molecule has 1 heterocycles. The fraction of sp³-hybridized carbons (Fsp3) is 0.312. The van der Waals surface area contributed by atoms with Crippen LogP contribution in [0.25, 0.3) is 0 Å². The first kappa shape index (κ1) is 17.5. The number of nitrogens with zero attached hydrogens (tertiary/aromatic N) is 1. The van der Waals surface area contributed by atoms with Gasteiger partial charge in [0.1, 0.15) is 18.1 Å². The Morgan fingerprint density at radius 2 is 2.00 bits per heavy atom. The molecule has 2 aromatic rings. The number of nitrogens with two attached hydrogens (primary N) is 1. The molecule has 0 aliphatic rings. The molecule has 1 aromatic carbocycles. The van der Waals surface area contributed by atoms with E-state index in [1.54, 1.807) is 0 Å². The molecule has 2 amide bonds. The highest BCUT2D eigenvalue weighted by atomic mass is 16.5. The summed E-state index contributed by atoms with van der Waals surface area (Å²) in [5.41, 5.74) is 3.14. The van der Waals surface area contributed by atoms with Gasteiger partial charge in [-0.1, -0.05) is 44.2 Å². The largest absolute Gasteiger partial charge is 0.445 e. The lowest BCUT2D eigenvalue weighted by Gasteiger charge is -2.20. The number of aromatic amines is 1. The fourth-order valence-corrected chi connectivity index (χ4v) is 2.13. The fourth-order valence-electron chi connectivity index (χ4n) is 2.13. The van der Waals surface area contributed by atoms with Gasteiger partial charge in [0.25, 0.3) is 5.91 Å². The van der Waals surface area contributed by atoms with E-state index in [-0.39, 0.29) is 18.2 Å². The zero-order valence-corrected chi connectivity index (χ0v) is 13.6. The van der Waals surface area contributed by atoms with E-state index in [1.807, 2.05) is 49.6 Å². The zero-order chi connectivity index (χ0) is 17.5. The molecule has 2 rings (SSSR count). The van der Waals surface area contributed by atoms with E-state index in [4.69, 9.17) is 10.6 Å². The van der Waals surface area contributed by atoms with Crippen LogP contribution in [-0.4, -0.2) is 22.0 Å². The van der Waals surface area contributed by atoms with E-state index in [9.17, 15) is 9.59 Å². The highest BCUT2D eigenvalue weighted by molar-refractivity contribution is 5.91. The highest BCUT2D eigenvalue weighted by Crippen LogP contribution is 2.19. The van der Waals surface area contributed by atoms with Gasteiger partial charge in [0, 0.05) is 0 Å². The number of amides is 2. The smallest absolute Gasteiger partial charge is 0.408 e. The Labute approximate surface area is 139 Å². The molecule has 0 unspecified atom stereocenters. The number of benzene rings is 1. The number of carbonyl (C=O) groups is 2. The van der Waals surface area contributed by atoms with Gasteiger partial charge in [-0.2, -0.15) is 0 Å².